The first-order valence-corrected chi connectivity index (χ1v) is 12.6. The van der Waals surface area contributed by atoms with Gasteiger partial charge in [-0.1, -0.05) is 97.1 Å². The third-order valence-electron chi connectivity index (χ3n) is 7.06. The lowest BCUT2D eigenvalue weighted by molar-refractivity contribution is -0.384. The highest BCUT2D eigenvalue weighted by Crippen LogP contribution is 2.42. The summed E-state index contributed by atoms with van der Waals surface area (Å²) in [5, 5.41) is 11.3. The van der Waals surface area contributed by atoms with Crippen molar-refractivity contribution >= 4 is 17.2 Å². The molecule has 0 spiro atoms. The Labute approximate surface area is 222 Å². The number of aryl methyl sites for hydroxylation is 1. The van der Waals surface area contributed by atoms with Crippen LogP contribution in [0.3, 0.4) is 0 Å². The number of Topliss-reactive ketones (excluding diaryl/α,β-unsaturated/α-hetero) is 1. The normalized spacial score (nSPS) is 16.9. The van der Waals surface area contributed by atoms with Gasteiger partial charge in [-0.25, -0.2) is 0 Å². The molecule has 1 unspecified atom stereocenters. The number of allylic oxidation sites excluding steroid dienone is 2. The first-order chi connectivity index (χ1) is 18.5. The first-order valence-electron chi connectivity index (χ1n) is 12.6. The van der Waals surface area contributed by atoms with Gasteiger partial charge in [0.1, 0.15) is 0 Å². The van der Waals surface area contributed by atoms with E-state index in [4.69, 9.17) is 0 Å². The van der Waals surface area contributed by atoms with E-state index >= 15 is 0 Å². The molecule has 0 aliphatic carbocycles. The Kier molecular flexibility index (Phi) is 7.00. The molecule has 0 amide bonds. The molecular formula is C33H28N2O3. The molecule has 1 heterocycles. The van der Waals surface area contributed by atoms with Gasteiger partial charge in [-0.2, -0.15) is 0 Å². The molecular weight excluding hydrogens is 472 g/mol. The molecule has 5 nitrogen and oxygen atoms in total. The fourth-order valence-electron chi connectivity index (χ4n) is 4.99. The van der Waals surface area contributed by atoms with Crippen LogP contribution in [0.4, 0.5) is 11.4 Å². The number of non-ortho nitro benzene ring substituents is 1. The predicted octanol–water partition coefficient (Wildman–Crippen LogP) is 7.66. The van der Waals surface area contributed by atoms with E-state index in [0.717, 1.165) is 23.2 Å². The van der Waals surface area contributed by atoms with Gasteiger partial charge in [0.15, 0.2) is 5.78 Å². The van der Waals surface area contributed by atoms with Crippen LogP contribution in [0.1, 0.15) is 34.8 Å². The number of anilines is 1. The number of hydrogen-bond donors (Lipinski definition) is 0. The van der Waals surface area contributed by atoms with Crippen LogP contribution in [0, 0.1) is 10.1 Å². The van der Waals surface area contributed by atoms with Crippen LogP contribution in [0.25, 0.3) is 0 Å². The molecule has 0 aromatic heterocycles. The van der Waals surface area contributed by atoms with Crippen molar-refractivity contribution in [3.8, 4) is 0 Å². The molecule has 1 atom stereocenters. The molecule has 0 saturated carbocycles. The van der Waals surface area contributed by atoms with Crippen molar-refractivity contribution in [3.63, 3.8) is 0 Å². The number of hydrogen-bond acceptors (Lipinski definition) is 4. The van der Waals surface area contributed by atoms with Crippen molar-refractivity contribution in [3.05, 3.63) is 165 Å². The highest BCUT2D eigenvalue weighted by atomic mass is 16.6. The Hall–Kier alpha value is -4.77. The summed E-state index contributed by atoms with van der Waals surface area (Å²) in [6, 6.07) is 36.2. The Morgan fingerprint density at radius 2 is 1.37 bits per heavy atom. The lowest BCUT2D eigenvalue weighted by Gasteiger charge is -2.43. The predicted molar refractivity (Wildman–Crippen MR) is 151 cm³/mol. The van der Waals surface area contributed by atoms with Crippen molar-refractivity contribution in [2.24, 2.45) is 0 Å². The van der Waals surface area contributed by atoms with Crippen LogP contribution in [-0.2, 0) is 12.0 Å². The van der Waals surface area contributed by atoms with Crippen molar-refractivity contribution in [1.82, 2.24) is 0 Å². The van der Waals surface area contributed by atoms with E-state index in [9.17, 15) is 14.9 Å². The number of nitrogens with zero attached hydrogens (tertiary/aromatic N) is 2. The average Bonchev–Trinajstić information content (AvgIpc) is 2.97. The number of carbonyl (C=O) groups is 1. The van der Waals surface area contributed by atoms with Gasteiger partial charge in [-0.3, -0.25) is 14.9 Å². The maximum atomic E-state index is 13.9. The zero-order valence-corrected chi connectivity index (χ0v) is 21.2. The fraction of sp³-hybridized carbons (Fsp3) is 0.121. The SMILES string of the molecule is CC1(c2ccccc2)C=C(CCc2ccccc2)C(C(=O)c2ccccc2)=CN1c1ccc([N+](=O)[O-])cc1. The lowest BCUT2D eigenvalue weighted by atomic mass is 9.80. The summed E-state index contributed by atoms with van der Waals surface area (Å²) >= 11 is 0. The molecule has 4 aromatic rings. The van der Waals surface area contributed by atoms with E-state index in [1.807, 2.05) is 77.8 Å². The Morgan fingerprint density at radius 3 is 1.97 bits per heavy atom. The van der Waals surface area contributed by atoms with E-state index in [1.165, 1.54) is 17.7 Å². The zero-order valence-electron chi connectivity index (χ0n) is 21.2. The summed E-state index contributed by atoms with van der Waals surface area (Å²) in [4.78, 5) is 26.8. The minimum Gasteiger partial charge on any atom is -0.334 e. The molecule has 1 aliphatic rings. The molecule has 0 fully saturated rings. The highest BCUT2D eigenvalue weighted by Gasteiger charge is 2.37. The number of nitro benzene ring substituents is 1. The Bertz CT molecular complexity index is 1490. The van der Waals surface area contributed by atoms with E-state index in [2.05, 4.69) is 37.3 Å². The topological polar surface area (TPSA) is 63.5 Å². The largest absolute Gasteiger partial charge is 0.334 e. The second kappa shape index (κ2) is 10.7. The third-order valence-corrected chi connectivity index (χ3v) is 7.06. The summed E-state index contributed by atoms with van der Waals surface area (Å²) in [6.07, 6.45) is 5.60. The summed E-state index contributed by atoms with van der Waals surface area (Å²) in [7, 11) is 0. The molecule has 188 valence electrons. The monoisotopic (exact) mass is 500 g/mol. The minimum absolute atomic E-state index is 0.0239. The van der Waals surface area contributed by atoms with E-state index in [-0.39, 0.29) is 11.5 Å². The standard InChI is InChI=1S/C33H28N2O3/c1-33(28-15-9-4-10-16-28)23-27(18-17-25-11-5-2-6-12-25)31(32(36)26-13-7-3-8-14-26)24-34(33)29-19-21-30(22-20-29)35(37)38/h2-16,19-24H,17-18H2,1H3. The van der Waals surface area contributed by atoms with Crippen LogP contribution < -0.4 is 4.90 Å². The number of nitro groups is 1. The maximum Gasteiger partial charge on any atom is 0.269 e. The molecule has 4 aromatic carbocycles. The van der Waals surface area contributed by atoms with Crippen LogP contribution >= 0.6 is 0 Å². The van der Waals surface area contributed by atoms with Crippen LogP contribution in [0.2, 0.25) is 0 Å². The maximum absolute atomic E-state index is 13.9. The van der Waals surface area contributed by atoms with Crippen LogP contribution in [0.15, 0.2) is 139 Å². The van der Waals surface area contributed by atoms with E-state index in [1.54, 1.807) is 12.1 Å². The van der Waals surface area contributed by atoms with Gasteiger partial charge in [0.25, 0.3) is 5.69 Å². The van der Waals surface area contributed by atoms with Gasteiger partial charge in [0.2, 0.25) is 0 Å². The van der Waals surface area contributed by atoms with Crippen LogP contribution in [-0.4, -0.2) is 10.7 Å². The zero-order chi connectivity index (χ0) is 26.5. The van der Waals surface area contributed by atoms with Gasteiger partial charge in [0.05, 0.1) is 10.5 Å². The summed E-state index contributed by atoms with van der Waals surface area (Å²) in [6.45, 7) is 2.12. The molecule has 0 bridgehead atoms. The quantitative estimate of drug-likeness (QED) is 0.142. The lowest BCUT2D eigenvalue weighted by Crippen LogP contribution is -2.42. The number of ketones is 1. The molecule has 5 rings (SSSR count). The number of carbonyl (C=O) groups excluding carboxylic acids is 1. The van der Waals surface area contributed by atoms with E-state index < -0.39 is 10.5 Å². The minimum atomic E-state index is -0.621. The Balaban J connectivity index is 1.64. The summed E-state index contributed by atoms with van der Waals surface area (Å²) < 4.78 is 0. The van der Waals surface area contributed by atoms with E-state index in [0.29, 0.717) is 17.6 Å². The smallest absolute Gasteiger partial charge is 0.269 e. The van der Waals surface area contributed by atoms with Gasteiger partial charge >= 0.3 is 0 Å². The second-order valence-corrected chi connectivity index (χ2v) is 9.55. The second-order valence-electron chi connectivity index (χ2n) is 9.55. The Morgan fingerprint density at radius 1 is 0.789 bits per heavy atom. The van der Waals surface area contributed by atoms with Gasteiger partial charge in [0, 0.05) is 35.2 Å². The first kappa shape index (κ1) is 24.9. The molecule has 0 saturated heterocycles. The molecule has 0 radical (unpaired) electrons. The van der Waals surface area contributed by atoms with Crippen molar-refractivity contribution in [1.29, 1.82) is 0 Å². The summed E-state index contributed by atoms with van der Waals surface area (Å²) in [5.41, 5.74) is 4.65. The van der Waals surface area contributed by atoms with Crippen molar-refractivity contribution in [2.45, 2.75) is 25.3 Å². The molecule has 1 aliphatic heterocycles. The highest BCUT2D eigenvalue weighted by molar-refractivity contribution is 6.12. The fourth-order valence-corrected chi connectivity index (χ4v) is 4.99. The van der Waals surface area contributed by atoms with Gasteiger partial charge in [-0.15, -0.1) is 0 Å². The third kappa shape index (κ3) is 5.04. The molecule has 5 heteroatoms. The number of benzene rings is 4. The summed E-state index contributed by atoms with van der Waals surface area (Å²) in [5.74, 6) is -0.0491. The van der Waals surface area contributed by atoms with Crippen LogP contribution in [0.5, 0.6) is 0 Å². The molecule has 38 heavy (non-hydrogen) atoms. The van der Waals surface area contributed by atoms with Gasteiger partial charge < -0.3 is 4.90 Å². The number of rotatable bonds is 8. The van der Waals surface area contributed by atoms with Gasteiger partial charge in [-0.05, 0) is 48.6 Å². The molecule has 0 N–H and O–H groups in total. The average molecular weight is 501 g/mol. The van der Waals surface area contributed by atoms with Crippen molar-refractivity contribution in [2.75, 3.05) is 4.90 Å². The van der Waals surface area contributed by atoms with Crippen molar-refractivity contribution < 1.29 is 9.72 Å².